The molecule has 0 radical (unpaired) electrons. The Balaban J connectivity index is 1.89. The topological polar surface area (TPSA) is 52.3 Å². The van der Waals surface area contributed by atoms with Gasteiger partial charge in [0.15, 0.2) is 5.82 Å². The lowest BCUT2D eigenvalue weighted by Gasteiger charge is -1.98. The van der Waals surface area contributed by atoms with E-state index in [0.29, 0.717) is 13.0 Å². The van der Waals surface area contributed by atoms with Gasteiger partial charge in [0.25, 0.3) is 0 Å². The van der Waals surface area contributed by atoms with E-state index in [1.165, 1.54) is 23.5 Å². The fourth-order valence-electron chi connectivity index (χ4n) is 1.77. The second kappa shape index (κ2) is 5.02. The summed E-state index contributed by atoms with van der Waals surface area (Å²) in [5, 5.41) is 13.4. The van der Waals surface area contributed by atoms with Crippen LogP contribution in [0.4, 0.5) is 4.39 Å². The van der Waals surface area contributed by atoms with Gasteiger partial charge in [0, 0.05) is 13.5 Å². The third-order valence-corrected chi connectivity index (χ3v) is 3.51. The van der Waals surface area contributed by atoms with Gasteiger partial charge in [-0.3, -0.25) is 0 Å². The fourth-order valence-corrected chi connectivity index (χ4v) is 2.60. The lowest BCUT2D eigenvalue weighted by atomic mass is 10.1. The van der Waals surface area contributed by atoms with Gasteiger partial charge >= 0.3 is 0 Å². The van der Waals surface area contributed by atoms with Crippen LogP contribution in [-0.4, -0.2) is 26.9 Å². The molecule has 0 aliphatic carbocycles. The van der Waals surface area contributed by atoms with Crippen molar-refractivity contribution in [3.05, 3.63) is 46.5 Å². The normalized spacial score (nSPS) is 11.3. The van der Waals surface area contributed by atoms with Gasteiger partial charge in [-0.15, -0.1) is 10.2 Å². The molecule has 0 atom stereocenters. The Bertz CT molecular complexity index is 691. The lowest BCUT2D eigenvalue weighted by Crippen LogP contribution is -1.99. The molecule has 0 saturated carbocycles. The fraction of sp³-hybridized carbons (Fsp3) is 0.250. The van der Waals surface area contributed by atoms with Crippen LogP contribution in [0.5, 0.6) is 0 Å². The number of nitrogens with zero attached hydrogens (tertiary/aromatic N) is 4. The molecule has 2 aromatic heterocycles. The summed E-state index contributed by atoms with van der Waals surface area (Å²) in [6, 6.07) is 6.34. The molecule has 0 fully saturated rings. The Kier molecular flexibility index (Phi) is 3.22. The molecule has 1 aromatic carbocycles. The minimum Gasteiger partial charge on any atom is -0.377 e. The van der Waals surface area contributed by atoms with Crippen LogP contribution in [0.3, 0.4) is 0 Å². The van der Waals surface area contributed by atoms with Crippen molar-refractivity contribution in [1.29, 1.82) is 0 Å². The van der Waals surface area contributed by atoms with Gasteiger partial charge in [-0.2, -0.15) is 9.61 Å². The summed E-state index contributed by atoms with van der Waals surface area (Å²) in [7, 11) is 1.63. The van der Waals surface area contributed by atoms with Crippen LogP contribution in [0.2, 0.25) is 0 Å². The zero-order valence-electron chi connectivity index (χ0n) is 10.2. The molecule has 0 aliphatic rings. The number of halogens is 1. The summed E-state index contributed by atoms with van der Waals surface area (Å²) in [5.41, 5.74) is 0.969. The first kappa shape index (κ1) is 12.2. The van der Waals surface area contributed by atoms with Gasteiger partial charge in [-0.05, 0) is 17.7 Å². The summed E-state index contributed by atoms with van der Waals surface area (Å²) in [6.45, 7) is 0.462. The minimum atomic E-state index is -0.244. The monoisotopic (exact) mass is 278 g/mol. The van der Waals surface area contributed by atoms with Crippen LogP contribution in [0, 0.1) is 5.82 Å². The second-order valence-electron chi connectivity index (χ2n) is 4.04. The highest BCUT2D eigenvalue weighted by Crippen LogP contribution is 2.16. The number of benzene rings is 1. The largest absolute Gasteiger partial charge is 0.377 e. The predicted octanol–water partition coefficient (Wildman–Crippen LogP) is 2.06. The quantitative estimate of drug-likeness (QED) is 0.733. The SMILES string of the molecule is COCc1nn2c(Cc3ccc(F)cc3)nnc2s1. The summed E-state index contributed by atoms with van der Waals surface area (Å²) in [5.74, 6) is 0.492. The van der Waals surface area contributed by atoms with E-state index in [9.17, 15) is 4.39 Å². The molecule has 5 nitrogen and oxygen atoms in total. The minimum absolute atomic E-state index is 0.244. The van der Waals surface area contributed by atoms with E-state index in [1.807, 2.05) is 0 Å². The highest BCUT2D eigenvalue weighted by molar-refractivity contribution is 7.16. The first-order valence-corrected chi connectivity index (χ1v) is 6.51. The molecule has 0 spiro atoms. The Morgan fingerprint density at radius 2 is 2.05 bits per heavy atom. The lowest BCUT2D eigenvalue weighted by molar-refractivity contribution is 0.183. The Morgan fingerprint density at radius 1 is 1.26 bits per heavy atom. The van der Waals surface area contributed by atoms with Gasteiger partial charge in [-0.1, -0.05) is 23.5 Å². The maximum absolute atomic E-state index is 12.8. The maximum Gasteiger partial charge on any atom is 0.234 e. The van der Waals surface area contributed by atoms with E-state index in [4.69, 9.17) is 4.74 Å². The van der Waals surface area contributed by atoms with Crippen LogP contribution in [0.25, 0.3) is 4.96 Å². The van der Waals surface area contributed by atoms with Gasteiger partial charge in [0.05, 0.1) is 6.61 Å². The summed E-state index contributed by atoms with van der Waals surface area (Å²) < 4.78 is 19.6. The molecule has 7 heteroatoms. The van der Waals surface area contributed by atoms with E-state index in [1.54, 1.807) is 23.8 Å². The van der Waals surface area contributed by atoms with Crippen LogP contribution in [-0.2, 0) is 17.8 Å². The van der Waals surface area contributed by atoms with E-state index < -0.39 is 0 Å². The summed E-state index contributed by atoms with van der Waals surface area (Å²) >= 11 is 1.45. The van der Waals surface area contributed by atoms with Gasteiger partial charge in [0.2, 0.25) is 4.96 Å². The third-order valence-electron chi connectivity index (χ3n) is 2.64. The highest BCUT2D eigenvalue weighted by Gasteiger charge is 2.11. The van der Waals surface area contributed by atoms with Crippen molar-refractivity contribution in [3.8, 4) is 0 Å². The predicted molar refractivity (Wildman–Crippen MR) is 68.6 cm³/mol. The van der Waals surface area contributed by atoms with Crippen molar-refractivity contribution in [2.45, 2.75) is 13.0 Å². The average molecular weight is 278 g/mol. The van der Waals surface area contributed by atoms with Crippen LogP contribution in [0.1, 0.15) is 16.4 Å². The number of ether oxygens (including phenoxy) is 1. The molecule has 0 amide bonds. The van der Waals surface area contributed by atoms with Crippen LogP contribution < -0.4 is 0 Å². The number of hydrogen-bond acceptors (Lipinski definition) is 5. The van der Waals surface area contributed by atoms with E-state index in [-0.39, 0.29) is 5.82 Å². The maximum atomic E-state index is 12.8. The van der Waals surface area contributed by atoms with Crippen molar-refractivity contribution in [2.75, 3.05) is 7.11 Å². The zero-order valence-corrected chi connectivity index (χ0v) is 11.0. The van der Waals surface area contributed by atoms with Crippen molar-refractivity contribution in [3.63, 3.8) is 0 Å². The Morgan fingerprint density at radius 3 is 2.79 bits per heavy atom. The number of fused-ring (bicyclic) bond motifs is 1. The average Bonchev–Trinajstić information content (AvgIpc) is 2.94. The molecule has 3 rings (SSSR count). The van der Waals surface area contributed by atoms with E-state index >= 15 is 0 Å². The summed E-state index contributed by atoms with van der Waals surface area (Å²) in [4.78, 5) is 0.740. The third kappa shape index (κ3) is 2.47. The molecule has 2 heterocycles. The van der Waals surface area contributed by atoms with Crippen molar-refractivity contribution in [1.82, 2.24) is 19.8 Å². The molecule has 0 unspecified atom stereocenters. The van der Waals surface area contributed by atoms with Crippen molar-refractivity contribution in [2.24, 2.45) is 0 Å². The molecule has 0 saturated heterocycles. The van der Waals surface area contributed by atoms with Gasteiger partial charge in [0.1, 0.15) is 10.8 Å². The first-order valence-electron chi connectivity index (χ1n) is 5.69. The molecule has 3 aromatic rings. The standard InChI is InChI=1S/C12H11FN4OS/c1-18-7-11-16-17-10(14-15-12(17)19-11)6-8-2-4-9(13)5-3-8/h2-5H,6-7H2,1H3. The molecule has 0 bridgehead atoms. The first-order chi connectivity index (χ1) is 9.26. The highest BCUT2D eigenvalue weighted by atomic mass is 32.1. The molecular weight excluding hydrogens is 267 g/mol. The number of aromatic nitrogens is 4. The van der Waals surface area contributed by atoms with Crippen molar-refractivity contribution < 1.29 is 9.13 Å². The van der Waals surface area contributed by atoms with Gasteiger partial charge < -0.3 is 4.74 Å². The van der Waals surface area contributed by atoms with E-state index in [2.05, 4.69) is 15.3 Å². The van der Waals surface area contributed by atoms with Crippen LogP contribution in [0.15, 0.2) is 24.3 Å². The summed E-state index contributed by atoms with van der Waals surface area (Å²) in [6.07, 6.45) is 0.567. The molecule has 0 N–H and O–H groups in total. The zero-order chi connectivity index (χ0) is 13.2. The Labute approximate surface area is 112 Å². The number of hydrogen-bond donors (Lipinski definition) is 0. The smallest absolute Gasteiger partial charge is 0.234 e. The molecule has 0 aliphatic heterocycles. The van der Waals surface area contributed by atoms with E-state index in [0.717, 1.165) is 21.4 Å². The molecular formula is C12H11FN4OS. The molecule has 98 valence electrons. The second-order valence-corrected chi connectivity index (χ2v) is 5.08. The number of rotatable bonds is 4. The number of methoxy groups -OCH3 is 1. The Hall–Kier alpha value is -1.86. The van der Waals surface area contributed by atoms with Gasteiger partial charge in [-0.25, -0.2) is 4.39 Å². The molecule has 19 heavy (non-hydrogen) atoms. The van der Waals surface area contributed by atoms with Crippen LogP contribution >= 0.6 is 11.3 Å². The van der Waals surface area contributed by atoms with Crippen molar-refractivity contribution >= 4 is 16.3 Å².